The van der Waals surface area contributed by atoms with Gasteiger partial charge < -0.3 is 15.4 Å². The monoisotopic (exact) mass is 409 g/mol. The number of nitriles is 1. The summed E-state index contributed by atoms with van der Waals surface area (Å²) in [5, 5.41) is 15.9. The van der Waals surface area contributed by atoms with Gasteiger partial charge in [0.05, 0.1) is 16.7 Å². The molecular formula is C23H24ClN3O2. The molecular weight excluding hydrogens is 386 g/mol. The van der Waals surface area contributed by atoms with Gasteiger partial charge in [-0.15, -0.1) is 0 Å². The highest BCUT2D eigenvalue weighted by Crippen LogP contribution is 2.27. The predicted octanol–water partition coefficient (Wildman–Crippen LogP) is 3.98. The molecule has 1 amide bonds. The quantitative estimate of drug-likeness (QED) is 0.801. The van der Waals surface area contributed by atoms with E-state index in [-0.39, 0.29) is 18.1 Å². The van der Waals surface area contributed by atoms with E-state index in [0.29, 0.717) is 16.3 Å². The maximum absolute atomic E-state index is 12.7. The highest BCUT2D eigenvalue weighted by Gasteiger charge is 2.24. The van der Waals surface area contributed by atoms with Gasteiger partial charge in [0.15, 0.2) is 0 Å². The topological polar surface area (TPSA) is 74.1 Å². The Balaban J connectivity index is 1.29. The Bertz CT molecular complexity index is 946. The van der Waals surface area contributed by atoms with Crippen LogP contribution in [0.3, 0.4) is 0 Å². The molecule has 150 valence electrons. The number of carbonyl (C=O) groups is 1. The summed E-state index contributed by atoms with van der Waals surface area (Å²) in [5.74, 6) is 0.694. The fourth-order valence-corrected chi connectivity index (χ4v) is 4.28. The fraction of sp³-hybridized carbons (Fsp3) is 0.391. The number of carbonyl (C=O) groups excluding carboxylic acids is 1. The minimum absolute atomic E-state index is 0.00887. The molecule has 1 fully saturated rings. The Morgan fingerprint density at radius 2 is 1.97 bits per heavy atom. The van der Waals surface area contributed by atoms with Crippen molar-refractivity contribution in [1.29, 1.82) is 5.26 Å². The van der Waals surface area contributed by atoms with Crippen LogP contribution in [0.2, 0.25) is 5.02 Å². The van der Waals surface area contributed by atoms with Crippen molar-refractivity contribution in [3.8, 4) is 11.8 Å². The number of benzene rings is 2. The molecule has 5 nitrogen and oxygen atoms in total. The van der Waals surface area contributed by atoms with Gasteiger partial charge in [-0.05, 0) is 74.0 Å². The predicted molar refractivity (Wildman–Crippen MR) is 112 cm³/mol. The first-order valence-electron chi connectivity index (χ1n) is 10.1. The molecule has 6 heteroatoms. The zero-order valence-corrected chi connectivity index (χ0v) is 17.0. The third-order valence-corrected chi connectivity index (χ3v) is 6.04. The number of hydrogen-bond donors (Lipinski definition) is 2. The molecule has 0 aromatic heterocycles. The van der Waals surface area contributed by atoms with Gasteiger partial charge in [0.1, 0.15) is 11.8 Å². The van der Waals surface area contributed by atoms with Crippen molar-refractivity contribution < 1.29 is 9.53 Å². The van der Waals surface area contributed by atoms with E-state index < -0.39 is 0 Å². The van der Waals surface area contributed by atoms with Crippen LogP contribution in [-0.2, 0) is 13.0 Å². The van der Waals surface area contributed by atoms with E-state index >= 15 is 0 Å². The van der Waals surface area contributed by atoms with Crippen LogP contribution < -0.4 is 15.4 Å². The van der Waals surface area contributed by atoms with Crippen LogP contribution in [0.1, 0.15) is 52.7 Å². The second-order valence-electron chi connectivity index (χ2n) is 7.73. The lowest BCUT2D eigenvalue weighted by Gasteiger charge is -2.29. The second kappa shape index (κ2) is 8.86. The maximum Gasteiger partial charge on any atom is 0.251 e. The second-order valence-corrected chi connectivity index (χ2v) is 8.14. The lowest BCUT2D eigenvalue weighted by atomic mass is 9.92. The minimum Gasteiger partial charge on any atom is -0.490 e. The smallest absolute Gasteiger partial charge is 0.251 e. The van der Waals surface area contributed by atoms with E-state index in [4.69, 9.17) is 21.6 Å². The van der Waals surface area contributed by atoms with E-state index in [1.807, 2.05) is 18.2 Å². The van der Waals surface area contributed by atoms with Crippen molar-refractivity contribution in [3.63, 3.8) is 0 Å². The Morgan fingerprint density at radius 3 is 2.72 bits per heavy atom. The molecule has 1 aliphatic heterocycles. The number of hydrogen-bond acceptors (Lipinski definition) is 4. The van der Waals surface area contributed by atoms with Crippen LogP contribution in [0.5, 0.6) is 5.75 Å². The van der Waals surface area contributed by atoms with Gasteiger partial charge in [0.25, 0.3) is 5.91 Å². The number of ether oxygens (including phenoxy) is 1. The first-order valence-corrected chi connectivity index (χ1v) is 10.5. The van der Waals surface area contributed by atoms with Crippen LogP contribution >= 0.6 is 11.6 Å². The molecule has 1 heterocycles. The zero-order chi connectivity index (χ0) is 20.2. The molecule has 2 aromatic rings. The van der Waals surface area contributed by atoms with Gasteiger partial charge in [0, 0.05) is 24.2 Å². The number of nitrogens with one attached hydrogen (secondary N) is 2. The number of amides is 1. The molecule has 29 heavy (non-hydrogen) atoms. The number of halogens is 1. The average molecular weight is 410 g/mol. The summed E-state index contributed by atoms with van der Waals surface area (Å²) in [6.07, 6.45) is 4.59. The SMILES string of the molecule is N#Cc1ccc(O[C@H]2CC[C@H](NC(=O)c3ccc4c(c3)CCNC4)CC2)cc1Cl. The van der Waals surface area contributed by atoms with E-state index in [2.05, 4.69) is 16.7 Å². The van der Waals surface area contributed by atoms with E-state index in [0.717, 1.165) is 50.8 Å². The molecule has 1 aliphatic carbocycles. The molecule has 2 aromatic carbocycles. The van der Waals surface area contributed by atoms with E-state index in [1.54, 1.807) is 18.2 Å². The molecule has 2 aliphatic rings. The molecule has 0 unspecified atom stereocenters. The number of rotatable bonds is 4. The fourth-order valence-electron chi connectivity index (χ4n) is 4.06. The normalized spacial score (nSPS) is 21.0. The highest BCUT2D eigenvalue weighted by atomic mass is 35.5. The Hall–Kier alpha value is -2.55. The summed E-state index contributed by atoms with van der Waals surface area (Å²) >= 11 is 6.08. The van der Waals surface area contributed by atoms with Gasteiger partial charge in [-0.2, -0.15) is 5.26 Å². The molecule has 0 spiro atoms. The van der Waals surface area contributed by atoms with Crippen LogP contribution in [0.4, 0.5) is 0 Å². The largest absolute Gasteiger partial charge is 0.490 e. The van der Waals surface area contributed by atoms with Crippen molar-refractivity contribution >= 4 is 17.5 Å². The summed E-state index contributed by atoms with van der Waals surface area (Å²) < 4.78 is 6.02. The van der Waals surface area contributed by atoms with Crippen molar-refractivity contribution in [2.75, 3.05) is 6.54 Å². The Kier molecular flexibility index (Phi) is 6.03. The maximum atomic E-state index is 12.7. The van der Waals surface area contributed by atoms with E-state index in [9.17, 15) is 4.79 Å². The molecule has 0 bridgehead atoms. The molecule has 0 atom stereocenters. The van der Waals surface area contributed by atoms with Crippen LogP contribution in [0.25, 0.3) is 0 Å². The Labute approximate surface area is 176 Å². The summed E-state index contributed by atoms with van der Waals surface area (Å²) in [6.45, 7) is 1.85. The third-order valence-electron chi connectivity index (χ3n) is 5.73. The first-order chi connectivity index (χ1) is 14.1. The Morgan fingerprint density at radius 1 is 1.14 bits per heavy atom. The lowest BCUT2D eigenvalue weighted by molar-refractivity contribution is 0.0894. The highest BCUT2D eigenvalue weighted by molar-refractivity contribution is 6.31. The molecule has 2 N–H and O–H groups in total. The lowest BCUT2D eigenvalue weighted by Crippen LogP contribution is -2.39. The van der Waals surface area contributed by atoms with Gasteiger partial charge in [-0.3, -0.25) is 4.79 Å². The number of fused-ring (bicyclic) bond motifs is 1. The minimum atomic E-state index is 0.00887. The van der Waals surface area contributed by atoms with Crippen molar-refractivity contribution in [2.45, 2.75) is 50.8 Å². The first kappa shape index (κ1) is 19.8. The van der Waals surface area contributed by atoms with Crippen LogP contribution in [-0.4, -0.2) is 24.6 Å². The molecule has 1 saturated carbocycles. The van der Waals surface area contributed by atoms with Gasteiger partial charge in [-0.1, -0.05) is 17.7 Å². The molecule has 0 saturated heterocycles. The summed E-state index contributed by atoms with van der Waals surface area (Å²) in [4.78, 5) is 12.7. The summed E-state index contributed by atoms with van der Waals surface area (Å²) in [6, 6.07) is 13.4. The van der Waals surface area contributed by atoms with Crippen molar-refractivity contribution in [3.05, 3.63) is 63.7 Å². The van der Waals surface area contributed by atoms with Crippen molar-refractivity contribution in [2.24, 2.45) is 0 Å². The number of nitrogens with zero attached hydrogens (tertiary/aromatic N) is 1. The van der Waals surface area contributed by atoms with Gasteiger partial charge in [-0.25, -0.2) is 0 Å². The third kappa shape index (κ3) is 4.72. The summed E-state index contributed by atoms with van der Waals surface area (Å²) in [7, 11) is 0. The van der Waals surface area contributed by atoms with Crippen molar-refractivity contribution in [1.82, 2.24) is 10.6 Å². The van der Waals surface area contributed by atoms with Crippen LogP contribution in [0.15, 0.2) is 36.4 Å². The molecule has 4 rings (SSSR count). The molecule has 0 radical (unpaired) electrons. The zero-order valence-electron chi connectivity index (χ0n) is 16.2. The van der Waals surface area contributed by atoms with Gasteiger partial charge in [0.2, 0.25) is 0 Å². The van der Waals surface area contributed by atoms with Crippen LogP contribution in [0, 0.1) is 11.3 Å². The summed E-state index contributed by atoms with van der Waals surface area (Å²) in [5.41, 5.74) is 3.75. The van der Waals surface area contributed by atoms with E-state index in [1.165, 1.54) is 11.1 Å². The van der Waals surface area contributed by atoms with Gasteiger partial charge >= 0.3 is 0 Å². The average Bonchev–Trinajstić information content (AvgIpc) is 2.75. The standard InChI is InChI=1S/C23H24ClN3O2/c24-22-12-21(6-3-17(22)13-25)29-20-7-4-19(5-8-20)27-23(28)16-1-2-18-14-26-10-9-15(18)11-16/h1-3,6,11-12,19-20,26H,4-5,7-10,14H2,(H,27,28)/t19-,20-.